The summed E-state index contributed by atoms with van der Waals surface area (Å²) in [6, 6.07) is 0. The van der Waals surface area contributed by atoms with Crippen molar-refractivity contribution in [3.8, 4) is 0 Å². The zero-order valence-corrected chi connectivity index (χ0v) is 8.21. The van der Waals surface area contributed by atoms with Gasteiger partial charge in [-0.25, -0.2) is 19.3 Å². The summed E-state index contributed by atoms with van der Waals surface area (Å²) in [4.78, 5) is 34.5. The minimum atomic E-state index is -4.69. The predicted molar refractivity (Wildman–Crippen MR) is 43.7 cm³/mol. The van der Waals surface area contributed by atoms with Gasteiger partial charge in [-0.3, -0.25) is 5.26 Å². The number of aliphatic carboxylic acids is 3. The molecule has 104 valence electrons. The van der Waals surface area contributed by atoms with E-state index >= 15 is 0 Å². The van der Waals surface area contributed by atoms with Crippen LogP contribution in [0.5, 0.6) is 0 Å². The zero-order chi connectivity index (χ0) is 14.9. The fraction of sp³-hybridized carbons (Fsp3) is 0.500. The van der Waals surface area contributed by atoms with Crippen molar-refractivity contribution in [1.82, 2.24) is 0 Å². The summed E-state index contributed by atoms with van der Waals surface area (Å²) < 4.78 is 0. The maximum atomic E-state index is 10.7. The highest BCUT2D eigenvalue weighted by atomic mass is 17.1. The van der Waals surface area contributed by atoms with Crippen molar-refractivity contribution >= 4 is 17.9 Å². The number of hydrogen-bond acceptors (Lipinski definition) is 9. The van der Waals surface area contributed by atoms with Gasteiger partial charge < -0.3 is 35.7 Å². The van der Waals surface area contributed by atoms with Gasteiger partial charge in [0.25, 0.3) is 0 Å². The van der Waals surface area contributed by atoms with Gasteiger partial charge in [0.15, 0.2) is 0 Å². The monoisotopic (exact) mass is 272 g/mol. The summed E-state index contributed by atoms with van der Waals surface area (Å²) in [6.07, 6.45) is 0. The van der Waals surface area contributed by atoms with Crippen LogP contribution in [-0.4, -0.2) is 76.1 Å². The fourth-order valence-corrected chi connectivity index (χ4v) is 1.01. The highest BCUT2D eigenvalue weighted by Gasteiger charge is 2.78. The average Bonchev–Trinajstić information content (AvgIpc) is 2.17. The standard InChI is InChI=1S/C6H8O12/c7-1(8)4(18-17,5(13,14)2(9)10)6(15,16)3(11)12/h13-17H,(H,7,8)(H,9,10)(H,11,12). The van der Waals surface area contributed by atoms with Gasteiger partial charge in [0, 0.05) is 0 Å². The molecule has 0 aliphatic heterocycles. The largest absolute Gasteiger partial charge is 0.479 e. The third-order valence-corrected chi connectivity index (χ3v) is 2.02. The lowest BCUT2D eigenvalue weighted by molar-refractivity contribution is -0.440. The molecule has 0 saturated heterocycles. The van der Waals surface area contributed by atoms with Crippen LogP contribution in [0.3, 0.4) is 0 Å². The van der Waals surface area contributed by atoms with E-state index in [-0.39, 0.29) is 0 Å². The molecule has 12 nitrogen and oxygen atoms in total. The minimum absolute atomic E-state index is 2.83. The predicted octanol–water partition coefficient (Wildman–Crippen LogP) is -4.17. The Balaban J connectivity index is 6.31. The van der Waals surface area contributed by atoms with E-state index < -0.39 is 35.1 Å². The summed E-state index contributed by atoms with van der Waals surface area (Å²) in [6.45, 7) is 0. The average molecular weight is 272 g/mol. The van der Waals surface area contributed by atoms with E-state index in [0.717, 1.165) is 0 Å². The third kappa shape index (κ3) is 1.78. The SMILES string of the molecule is O=C(O)C(O)(O)C(OO)(C(=O)O)C(O)(O)C(=O)O. The smallest absolute Gasteiger partial charge is 0.368 e. The van der Waals surface area contributed by atoms with E-state index in [1.165, 1.54) is 0 Å². The van der Waals surface area contributed by atoms with Crippen LogP contribution < -0.4 is 0 Å². The molecule has 8 N–H and O–H groups in total. The Morgan fingerprint density at radius 2 is 1.00 bits per heavy atom. The molecule has 0 fully saturated rings. The summed E-state index contributed by atoms with van der Waals surface area (Å²) in [7, 11) is 0. The molecule has 0 aromatic rings. The molecule has 0 amide bonds. The Kier molecular flexibility index (Phi) is 4.00. The molecule has 0 radical (unpaired) electrons. The van der Waals surface area contributed by atoms with Crippen LogP contribution in [0.4, 0.5) is 0 Å². The van der Waals surface area contributed by atoms with Gasteiger partial charge in [0.05, 0.1) is 0 Å². The highest BCUT2D eigenvalue weighted by molar-refractivity contribution is 5.96. The lowest BCUT2D eigenvalue weighted by Crippen LogP contribution is -2.77. The van der Waals surface area contributed by atoms with E-state index in [2.05, 4.69) is 4.89 Å². The van der Waals surface area contributed by atoms with Gasteiger partial charge in [-0.1, -0.05) is 0 Å². The summed E-state index contributed by atoms with van der Waals surface area (Å²) in [5.41, 5.74) is -4.63. The van der Waals surface area contributed by atoms with Gasteiger partial charge in [-0.15, -0.1) is 0 Å². The van der Waals surface area contributed by atoms with Crippen molar-refractivity contribution in [3.05, 3.63) is 0 Å². The van der Waals surface area contributed by atoms with Crippen molar-refractivity contribution in [2.24, 2.45) is 0 Å². The van der Waals surface area contributed by atoms with Crippen molar-refractivity contribution in [2.75, 3.05) is 0 Å². The number of rotatable bonds is 6. The van der Waals surface area contributed by atoms with E-state index in [4.69, 9.17) is 41.0 Å². The van der Waals surface area contributed by atoms with Crippen molar-refractivity contribution < 1.29 is 60.3 Å². The number of aliphatic hydroxyl groups is 4. The topological polar surface area (TPSA) is 222 Å². The van der Waals surface area contributed by atoms with Gasteiger partial charge in [0.1, 0.15) is 0 Å². The molecule has 0 aromatic carbocycles. The molecule has 0 aliphatic carbocycles. The Bertz CT molecular complexity index is 354. The quantitative estimate of drug-likeness (QED) is 0.131. The van der Waals surface area contributed by atoms with Gasteiger partial charge >= 0.3 is 35.1 Å². The van der Waals surface area contributed by atoms with Crippen LogP contribution in [0.2, 0.25) is 0 Å². The molecule has 0 aromatic heterocycles. The lowest BCUT2D eigenvalue weighted by Gasteiger charge is -2.39. The van der Waals surface area contributed by atoms with E-state index in [0.29, 0.717) is 0 Å². The van der Waals surface area contributed by atoms with E-state index in [1.54, 1.807) is 0 Å². The van der Waals surface area contributed by atoms with Crippen molar-refractivity contribution in [3.63, 3.8) is 0 Å². The summed E-state index contributed by atoms with van der Waals surface area (Å²) in [5, 5.41) is 69.3. The lowest BCUT2D eigenvalue weighted by atomic mass is 9.83. The maximum absolute atomic E-state index is 10.7. The van der Waals surface area contributed by atoms with Crippen LogP contribution in [0.15, 0.2) is 0 Å². The highest BCUT2D eigenvalue weighted by Crippen LogP contribution is 2.34. The number of carboxylic acids is 3. The molecule has 0 atom stereocenters. The second-order valence-corrected chi connectivity index (χ2v) is 3.03. The normalized spacial score (nSPS) is 13.2. The summed E-state index contributed by atoms with van der Waals surface area (Å²) in [5.74, 6) is -17.9. The van der Waals surface area contributed by atoms with Crippen molar-refractivity contribution in [1.29, 1.82) is 0 Å². The van der Waals surface area contributed by atoms with Crippen LogP contribution >= 0.6 is 0 Å². The number of carboxylic acid groups (broad SMARTS) is 3. The molecule has 12 heteroatoms. The van der Waals surface area contributed by atoms with Gasteiger partial charge in [0.2, 0.25) is 0 Å². The van der Waals surface area contributed by atoms with E-state index in [1.807, 2.05) is 0 Å². The maximum Gasteiger partial charge on any atom is 0.368 e. The molecule has 0 spiro atoms. The molecule has 0 saturated carbocycles. The second kappa shape index (κ2) is 4.45. The molecular formula is C6H8O12. The molecule has 18 heavy (non-hydrogen) atoms. The van der Waals surface area contributed by atoms with Gasteiger partial charge in [-0.2, -0.15) is 0 Å². The third-order valence-electron chi connectivity index (χ3n) is 2.02. The molecule has 0 unspecified atom stereocenters. The summed E-state index contributed by atoms with van der Waals surface area (Å²) >= 11 is 0. The Hall–Kier alpha value is -1.83. The van der Waals surface area contributed by atoms with Crippen molar-refractivity contribution in [2.45, 2.75) is 17.2 Å². The first kappa shape index (κ1) is 16.2. The molecule has 0 heterocycles. The Labute approximate surface area is 96.4 Å². The van der Waals surface area contributed by atoms with Gasteiger partial charge in [-0.05, 0) is 0 Å². The zero-order valence-electron chi connectivity index (χ0n) is 8.21. The first-order valence-corrected chi connectivity index (χ1v) is 3.81. The number of carbonyl (C=O) groups is 3. The van der Waals surface area contributed by atoms with Crippen LogP contribution in [0.1, 0.15) is 0 Å². The molecule has 0 aliphatic rings. The molecule has 0 bridgehead atoms. The van der Waals surface area contributed by atoms with E-state index in [9.17, 15) is 14.4 Å². The van der Waals surface area contributed by atoms with Crippen LogP contribution in [-0.2, 0) is 19.3 Å². The van der Waals surface area contributed by atoms with Crippen LogP contribution in [0.25, 0.3) is 0 Å². The fourth-order valence-electron chi connectivity index (χ4n) is 1.01. The molecular weight excluding hydrogens is 264 g/mol. The first-order chi connectivity index (χ1) is 7.89. The Morgan fingerprint density at radius 1 is 0.722 bits per heavy atom. The van der Waals surface area contributed by atoms with Crippen LogP contribution in [0, 0.1) is 0 Å². The first-order valence-electron chi connectivity index (χ1n) is 3.81. The minimum Gasteiger partial charge on any atom is -0.479 e. The number of hydrogen-bond donors (Lipinski definition) is 8. The molecule has 0 rings (SSSR count). The Morgan fingerprint density at radius 3 is 1.11 bits per heavy atom. The second-order valence-electron chi connectivity index (χ2n) is 3.03.